The van der Waals surface area contributed by atoms with Crippen molar-refractivity contribution < 1.29 is 14.4 Å². The molecule has 0 fully saturated rings. The van der Waals surface area contributed by atoms with Crippen LogP contribution in [0.3, 0.4) is 0 Å². The van der Waals surface area contributed by atoms with Gasteiger partial charge in [0.2, 0.25) is 0 Å². The van der Waals surface area contributed by atoms with E-state index >= 15 is 0 Å². The molecule has 0 saturated carbocycles. The van der Waals surface area contributed by atoms with Crippen molar-refractivity contribution in [2.24, 2.45) is 5.16 Å². The van der Waals surface area contributed by atoms with Gasteiger partial charge in [-0.1, -0.05) is 74.0 Å². The first-order chi connectivity index (χ1) is 11.2. The molecule has 0 aliphatic rings. The molecule has 1 aromatic rings. The molecule has 0 bridgehead atoms. The van der Waals surface area contributed by atoms with Crippen LogP contribution in [0.4, 0.5) is 0 Å². The molecule has 5 heteroatoms. The highest BCUT2D eigenvalue weighted by Gasteiger charge is 2.14. The first kappa shape index (κ1) is 19.5. The topological polar surface area (TPSA) is 47.9 Å². The predicted octanol–water partition coefficient (Wildman–Crippen LogP) is 4.98. The molecule has 0 amide bonds. The van der Waals surface area contributed by atoms with Gasteiger partial charge in [0.15, 0.2) is 0 Å². The lowest BCUT2D eigenvalue weighted by Gasteiger charge is -2.08. The Morgan fingerprint density at radius 1 is 1.13 bits per heavy atom. The van der Waals surface area contributed by atoms with Gasteiger partial charge in [-0.2, -0.15) is 0 Å². The molecule has 1 aromatic carbocycles. The molecule has 0 unspecified atom stereocenters. The molecular formula is C18H26ClNO3. The van der Waals surface area contributed by atoms with Gasteiger partial charge in [0.1, 0.15) is 7.11 Å². The van der Waals surface area contributed by atoms with Gasteiger partial charge in [0.25, 0.3) is 0 Å². The Kier molecular flexibility index (Phi) is 10.1. The van der Waals surface area contributed by atoms with Crippen LogP contribution in [0, 0.1) is 0 Å². The lowest BCUT2D eigenvalue weighted by Crippen LogP contribution is -2.14. The third-order valence-corrected chi connectivity index (χ3v) is 3.79. The van der Waals surface area contributed by atoms with Gasteiger partial charge >= 0.3 is 5.97 Å². The fraction of sp³-hybridized carbons (Fsp3) is 0.556. The Morgan fingerprint density at radius 2 is 1.83 bits per heavy atom. The summed E-state index contributed by atoms with van der Waals surface area (Å²) in [6.45, 7) is 2.65. The molecule has 128 valence electrons. The van der Waals surface area contributed by atoms with Crippen LogP contribution in [0.15, 0.2) is 29.4 Å². The summed E-state index contributed by atoms with van der Waals surface area (Å²) in [4.78, 5) is 16.8. The molecular weight excluding hydrogens is 314 g/mol. The molecule has 0 aromatic heterocycles. The second-order valence-corrected chi connectivity index (χ2v) is 5.77. The molecule has 23 heavy (non-hydrogen) atoms. The Hall–Kier alpha value is -1.55. The number of hydrogen-bond donors (Lipinski definition) is 0. The average Bonchev–Trinajstić information content (AvgIpc) is 2.54. The summed E-state index contributed by atoms with van der Waals surface area (Å²) in [6, 6.07) is 7.23. The average molecular weight is 340 g/mol. The van der Waals surface area contributed by atoms with Crippen LogP contribution in [-0.4, -0.2) is 25.4 Å². The number of benzene rings is 1. The van der Waals surface area contributed by atoms with Crippen molar-refractivity contribution in [1.82, 2.24) is 0 Å². The van der Waals surface area contributed by atoms with Gasteiger partial charge in [0, 0.05) is 10.6 Å². The van der Waals surface area contributed by atoms with Crippen molar-refractivity contribution in [3.8, 4) is 0 Å². The van der Waals surface area contributed by atoms with Crippen LogP contribution in [0.1, 0.15) is 57.4 Å². The van der Waals surface area contributed by atoms with E-state index in [9.17, 15) is 4.79 Å². The molecule has 1 rings (SSSR count). The van der Waals surface area contributed by atoms with Crippen LogP contribution >= 0.6 is 11.6 Å². The number of nitrogens with zero attached hydrogens (tertiary/aromatic N) is 1. The minimum absolute atomic E-state index is 0.0490. The molecule has 0 aliphatic carbocycles. The number of rotatable bonds is 11. The summed E-state index contributed by atoms with van der Waals surface area (Å²) in [7, 11) is 1.44. The molecule has 4 nitrogen and oxygen atoms in total. The maximum atomic E-state index is 11.9. The van der Waals surface area contributed by atoms with Crippen molar-refractivity contribution in [2.75, 3.05) is 13.7 Å². The molecule has 0 radical (unpaired) electrons. The summed E-state index contributed by atoms with van der Waals surface area (Å²) in [5.74, 6) is -0.311. The number of unbranched alkanes of at least 4 members (excludes halogenated alkanes) is 5. The second kappa shape index (κ2) is 11.9. The Morgan fingerprint density at radius 3 is 2.52 bits per heavy atom. The van der Waals surface area contributed by atoms with Crippen LogP contribution in [0.2, 0.25) is 5.02 Å². The zero-order valence-corrected chi connectivity index (χ0v) is 14.8. The minimum atomic E-state index is -0.311. The highest BCUT2D eigenvalue weighted by atomic mass is 35.5. The van der Waals surface area contributed by atoms with Gasteiger partial charge in [-0.15, -0.1) is 0 Å². The van der Waals surface area contributed by atoms with E-state index in [0.717, 1.165) is 12.8 Å². The predicted molar refractivity (Wildman–Crippen MR) is 94.0 cm³/mol. The second-order valence-electron chi connectivity index (χ2n) is 5.37. The van der Waals surface area contributed by atoms with E-state index in [4.69, 9.17) is 21.2 Å². The van der Waals surface area contributed by atoms with E-state index in [2.05, 4.69) is 12.1 Å². The largest absolute Gasteiger partial charge is 0.465 e. The lowest BCUT2D eigenvalue weighted by molar-refractivity contribution is -0.142. The smallest absolute Gasteiger partial charge is 0.312 e. The van der Waals surface area contributed by atoms with Crippen LogP contribution in [0.5, 0.6) is 0 Å². The van der Waals surface area contributed by atoms with E-state index in [1.54, 1.807) is 12.1 Å². The maximum Gasteiger partial charge on any atom is 0.312 e. The number of carbonyl (C=O) groups excluding carboxylic acids is 1. The third-order valence-electron chi connectivity index (χ3n) is 3.46. The molecule has 0 aliphatic heterocycles. The summed E-state index contributed by atoms with van der Waals surface area (Å²) in [5.41, 5.74) is 1.17. The quantitative estimate of drug-likeness (QED) is 0.247. The van der Waals surface area contributed by atoms with E-state index in [1.165, 1.54) is 32.8 Å². The first-order valence-electron chi connectivity index (χ1n) is 8.19. The van der Waals surface area contributed by atoms with Gasteiger partial charge in [-0.25, -0.2) is 0 Å². The first-order valence-corrected chi connectivity index (χ1v) is 8.57. The normalized spacial score (nSPS) is 11.3. The van der Waals surface area contributed by atoms with E-state index in [-0.39, 0.29) is 12.4 Å². The van der Waals surface area contributed by atoms with E-state index < -0.39 is 0 Å². The number of esters is 1. The van der Waals surface area contributed by atoms with E-state index in [0.29, 0.717) is 22.9 Å². The summed E-state index contributed by atoms with van der Waals surface area (Å²) in [5, 5.41) is 4.44. The third kappa shape index (κ3) is 8.03. The van der Waals surface area contributed by atoms with Gasteiger partial charge < -0.3 is 9.57 Å². The minimum Gasteiger partial charge on any atom is -0.465 e. The van der Waals surface area contributed by atoms with Crippen LogP contribution in [-0.2, 0) is 14.4 Å². The Bertz CT molecular complexity index is 503. The molecule has 0 saturated heterocycles. The van der Waals surface area contributed by atoms with Gasteiger partial charge in [0.05, 0.1) is 18.7 Å². The zero-order chi connectivity index (χ0) is 16.9. The molecule has 0 spiro atoms. The highest BCUT2D eigenvalue weighted by Crippen LogP contribution is 2.18. The van der Waals surface area contributed by atoms with Crippen molar-refractivity contribution in [3.05, 3.63) is 34.9 Å². The summed E-state index contributed by atoms with van der Waals surface area (Å²) >= 11 is 6.14. The number of ether oxygens (including phenoxy) is 1. The zero-order valence-electron chi connectivity index (χ0n) is 14.0. The van der Waals surface area contributed by atoms with Crippen molar-refractivity contribution >= 4 is 23.3 Å². The van der Waals surface area contributed by atoms with Crippen molar-refractivity contribution in [1.29, 1.82) is 0 Å². The SMILES string of the molecule is CCCCCCCCOC(=O)CC(=NOC)c1ccccc1Cl. The summed E-state index contributed by atoms with van der Waals surface area (Å²) in [6.07, 6.45) is 7.00. The number of hydrogen-bond acceptors (Lipinski definition) is 4. The van der Waals surface area contributed by atoms with Crippen LogP contribution < -0.4 is 0 Å². The van der Waals surface area contributed by atoms with Crippen molar-refractivity contribution in [2.45, 2.75) is 51.9 Å². The Labute approximate surface area is 143 Å². The fourth-order valence-corrected chi connectivity index (χ4v) is 2.48. The monoisotopic (exact) mass is 339 g/mol. The molecule has 0 N–H and O–H groups in total. The standard InChI is InChI=1S/C18H26ClNO3/c1-3-4-5-6-7-10-13-23-18(21)14-17(20-22-2)15-11-8-9-12-16(15)19/h8-9,11-12H,3-7,10,13-14H2,1-2H3. The molecule has 0 atom stereocenters. The van der Waals surface area contributed by atoms with Crippen molar-refractivity contribution in [3.63, 3.8) is 0 Å². The van der Waals surface area contributed by atoms with Gasteiger partial charge in [-0.3, -0.25) is 4.79 Å². The summed E-state index contributed by atoms with van der Waals surface area (Å²) < 4.78 is 5.27. The fourth-order valence-electron chi connectivity index (χ4n) is 2.24. The number of oxime groups is 1. The maximum absolute atomic E-state index is 11.9. The van der Waals surface area contributed by atoms with Crippen LogP contribution in [0.25, 0.3) is 0 Å². The van der Waals surface area contributed by atoms with E-state index in [1.807, 2.05) is 12.1 Å². The number of carbonyl (C=O) groups is 1. The number of halogens is 1. The lowest BCUT2D eigenvalue weighted by atomic mass is 10.1. The molecule has 0 heterocycles. The van der Waals surface area contributed by atoms with Gasteiger partial charge in [-0.05, 0) is 12.5 Å². The Balaban J connectivity index is 2.38. The highest BCUT2D eigenvalue weighted by molar-refractivity contribution is 6.34.